The molecule has 1 aromatic rings. The number of halogens is 5. The molecule has 0 atom stereocenters. The van der Waals surface area contributed by atoms with Gasteiger partial charge in [0.25, 0.3) is 0 Å². The highest BCUT2D eigenvalue weighted by molar-refractivity contribution is 5.96. The van der Waals surface area contributed by atoms with E-state index in [-0.39, 0.29) is 0 Å². The van der Waals surface area contributed by atoms with Gasteiger partial charge in [-0.15, -0.1) is 0 Å². The van der Waals surface area contributed by atoms with Crippen molar-refractivity contribution in [1.82, 2.24) is 0 Å². The average molecular weight is 224 g/mol. The zero-order valence-corrected chi connectivity index (χ0v) is 7.24. The van der Waals surface area contributed by atoms with E-state index in [0.29, 0.717) is 12.1 Å². The maximum Gasteiger partial charge on any atom is 0.396 e. The predicted octanol–water partition coefficient (Wildman–Crippen LogP) is 3.10. The molecular formula is C9H5F5O. The smallest absolute Gasteiger partial charge is 0.294 e. The fourth-order valence-electron chi connectivity index (χ4n) is 0.993. The highest BCUT2D eigenvalue weighted by Crippen LogP contribution is 2.23. The molecule has 1 rings (SSSR count). The van der Waals surface area contributed by atoms with Crippen LogP contribution in [0.5, 0.6) is 0 Å². The quantitative estimate of drug-likeness (QED) is 0.557. The number of alkyl halides is 3. The second-order valence-corrected chi connectivity index (χ2v) is 2.84. The summed E-state index contributed by atoms with van der Waals surface area (Å²) >= 11 is 0. The highest BCUT2D eigenvalue weighted by atomic mass is 19.4. The van der Waals surface area contributed by atoms with Gasteiger partial charge in [-0.2, -0.15) is 13.2 Å². The van der Waals surface area contributed by atoms with Crippen LogP contribution in [0.3, 0.4) is 0 Å². The molecule has 0 aliphatic rings. The standard InChI is InChI=1S/C9H5F5O/c10-5-1-2-6(7(11)3-5)8(15)4-9(12,13)14/h1-3H,4H2. The van der Waals surface area contributed by atoms with Crippen LogP contribution in [0.15, 0.2) is 18.2 Å². The van der Waals surface area contributed by atoms with Gasteiger partial charge in [0, 0.05) is 6.07 Å². The SMILES string of the molecule is O=C(CC(F)(F)F)c1ccc(F)cc1F. The maximum absolute atomic E-state index is 12.8. The third kappa shape index (κ3) is 3.30. The van der Waals surface area contributed by atoms with Crippen LogP contribution in [0.2, 0.25) is 0 Å². The van der Waals surface area contributed by atoms with Gasteiger partial charge in [0.2, 0.25) is 0 Å². The van der Waals surface area contributed by atoms with E-state index in [1.807, 2.05) is 0 Å². The van der Waals surface area contributed by atoms with Crippen LogP contribution in [0, 0.1) is 11.6 Å². The molecular weight excluding hydrogens is 219 g/mol. The minimum absolute atomic E-state index is 0.365. The van der Waals surface area contributed by atoms with E-state index in [1.165, 1.54) is 0 Å². The fraction of sp³-hybridized carbons (Fsp3) is 0.222. The first-order chi connectivity index (χ1) is 6.79. The van der Waals surface area contributed by atoms with Gasteiger partial charge in [-0.1, -0.05) is 0 Å². The van der Waals surface area contributed by atoms with Gasteiger partial charge in [-0.3, -0.25) is 4.79 Å². The lowest BCUT2D eigenvalue weighted by Gasteiger charge is -2.05. The number of ketones is 1. The molecule has 0 unspecified atom stereocenters. The lowest BCUT2D eigenvalue weighted by molar-refractivity contribution is -0.125. The van der Waals surface area contributed by atoms with E-state index >= 15 is 0 Å². The Morgan fingerprint density at radius 1 is 1.20 bits per heavy atom. The van der Waals surface area contributed by atoms with E-state index in [1.54, 1.807) is 0 Å². The third-order valence-corrected chi connectivity index (χ3v) is 1.59. The van der Waals surface area contributed by atoms with Crippen molar-refractivity contribution in [3.8, 4) is 0 Å². The Morgan fingerprint density at radius 3 is 2.27 bits per heavy atom. The largest absolute Gasteiger partial charge is 0.396 e. The normalized spacial score (nSPS) is 11.5. The average Bonchev–Trinajstić information content (AvgIpc) is 1.99. The van der Waals surface area contributed by atoms with Crippen LogP contribution in [-0.4, -0.2) is 12.0 Å². The summed E-state index contributed by atoms with van der Waals surface area (Å²) in [4.78, 5) is 10.9. The van der Waals surface area contributed by atoms with E-state index < -0.39 is 35.6 Å². The van der Waals surface area contributed by atoms with Gasteiger partial charge in [-0.25, -0.2) is 8.78 Å². The number of hydrogen-bond donors (Lipinski definition) is 0. The fourth-order valence-corrected chi connectivity index (χ4v) is 0.993. The maximum atomic E-state index is 12.8. The van der Waals surface area contributed by atoms with Crippen molar-refractivity contribution in [3.05, 3.63) is 35.4 Å². The molecule has 15 heavy (non-hydrogen) atoms. The second-order valence-electron chi connectivity index (χ2n) is 2.84. The molecule has 1 aromatic carbocycles. The van der Waals surface area contributed by atoms with Crippen molar-refractivity contribution in [1.29, 1.82) is 0 Å². The molecule has 82 valence electrons. The summed E-state index contributed by atoms with van der Waals surface area (Å²) in [7, 11) is 0. The Morgan fingerprint density at radius 2 is 1.80 bits per heavy atom. The van der Waals surface area contributed by atoms with Crippen LogP contribution in [0.4, 0.5) is 22.0 Å². The molecule has 0 saturated heterocycles. The van der Waals surface area contributed by atoms with Gasteiger partial charge in [-0.05, 0) is 12.1 Å². The Labute approximate surface area is 81.5 Å². The third-order valence-electron chi connectivity index (χ3n) is 1.59. The van der Waals surface area contributed by atoms with Crippen molar-refractivity contribution < 1.29 is 26.7 Å². The summed E-state index contributed by atoms with van der Waals surface area (Å²) in [6.45, 7) is 0. The summed E-state index contributed by atoms with van der Waals surface area (Å²) in [6, 6.07) is 1.79. The van der Waals surface area contributed by atoms with Crippen molar-refractivity contribution >= 4 is 5.78 Å². The van der Waals surface area contributed by atoms with Gasteiger partial charge in [0.15, 0.2) is 5.78 Å². The van der Waals surface area contributed by atoms with Crippen molar-refractivity contribution in [2.24, 2.45) is 0 Å². The van der Waals surface area contributed by atoms with Crippen LogP contribution in [-0.2, 0) is 0 Å². The number of Topliss-reactive ketones (excluding diaryl/α,β-unsaturated/α-hetero) is 1. The number of benzene rings is 1. The molecule has 0 aliphatic heterocycles. The zero-order chi connectivity index (χ0) is 11.6. The van der Waals surface area contributed by atoms with Crippen molar-refractivity contribution in [2.45, 2.75) is 12.6 Å². The summed E-state index contributed by atoms with van der Waals surface area (Å²) in [6.07, 6.45) is -6.45. The van der Waals surface area contributed by atoms with E-state index in [2.05, 4.69) is 0 Å². The molecule has 0 N–H and O–H groups in total. The Bertz CT molecular complexity index is 383. The summed E-state index contributed by atoms with van der Waals surface area (Å²) < 4.78 is 60.6. The lowest BCUT2D eigenvalue weighted by atomic mass is 10.1. The Kier molecular flexibility index (Phi) is 3.06. The first kappa shape index (κ1) is 11.6. The summed E-state index contributed by atoms with van der Waals surface area (Å²) in [5.41, 5.74) is -0.756. The molecule has 0 amide bonds. The minimum Gasteiger partial charge on any atom is -0.294 e. The van der Waals surface area contributed by atoms with E-state index in [4.69, 9.17) is 0 Å². The molecule has 6 heteroatoms. The minimum atomic E-state index is -4.70. The van der Waals surface area contributed by atoms with Crippen molar-refractivity contribution in [2.75, 3.05) is 0 Å². The number of rotatable bonds is 2. The van der Waals surface area contributed by atoms with Crippen LogP contribution < -0.4 is 0 Å². The predicted molar refractivity (Wildman–Crippen MR) is 41.4 cm³/mol. The van der Waals surface area contributed by atoms with Gasteiger partial charge in [0.05, 0.1) is 5.56 Å². The van der Waals surface area contributed by atoms with Crippen LogP contribution in [0.25, 0.3) is 0 Å². The first-order valence-corrected chi connectivity index (χ1v) is 3.84. The Balaban J connectivity index is 2.92. The summed E-state index contributed by atoms with van der Waals surface area (Å²) in [5.74, 6) is -3.65. The van der Waals surface area contributed by atoms with Crippen LogP contribution in [0.1, 0.15) is 16.8 Å². The molecule has 0 fully saturated rings. The second kappa shape index (κ2) is 3.96. The number of hydrogen-bond acceptors (Lipinski definition) is 1. The van der Waals surface area contributed by atoms with Crippen molar-refractivity contribution in [3.63, 3.8) is 0 Å². The lowest BCUT2D eigenvalue weighted by Crippen LogP contribution is -2.16. The molecule has 0 aromatic heterocycles. The van der Waals surface area contributed by atoms with Crippen LogP contribution >= 0.6 is 0 Å². The monoisotopic (exact) mass is 224 g/mol. The molecule has 0 radical (unpaired) electrons. The van der Waals surface area contributed by atoms with Gasteiger partial charge in [0.1, 0.15) is 18.1 Å². The number of carbonyl (C=O) groups is 1. The topological polar surface area (TPSA) is 17.1 Å². The molecule has 0 aliphatic carbocycles. The highest BCUT2D eigenvalue weighted by Gasteiger charge is 2.32. The zero-order valence-electron chi connectivity index (χ0n) is 7.24. The Hall–Kier alpha value is -1.46. The van der Waals surface area contributed by atoms with Gasteiger partial charge >= 0.3 is 6.18 Å². The van der Waals surface area contributed by atoms with E-state index in [9.17, 15) is 26.7 Å². The molecule has 0 heterocycles. The molecule has 0 spiro atoms. The van der Waals surface area contributed by atoms with Gasteiger partial charge < -0.3 is 0 Å². The summed E-state index contributed by atoms with van der Waals surface area (Å²) in [5, 5.41) is 0. The molecule has 0 saturated carbocycles. The van der Waals surface area contributed by atoms with E-state index in [0.717, 1.165) is 6.07 Å². The molecule has 0 bridgehead atoms. The first-order valence-electron chi connectivity index (χ1n) is 3.84. The molecule has 1 nitrogen and oxygen atoms in total. The number of carbonyl (C=O) groups excluding carboxylic acids is 1.